The van der Waals surface area contributed by atoms with E-state index in [1.807, 2.05) is 0 Å². The first kappa shape index (κ1) is 10.2. The fraction of sp³-hybridized carbons (Fsp3) is 0.222. The van der Waals surface area contributed by atoms with Gasteiger partial charge in [0.2, 0.25) is 0 Å². The number of rotatable bonds is 1. The Balaban J connectivity index is 2.85. The van der Waals surface area contributed by atoms with Crippen LogP contribution in [0.5, 0.6) is 0 Å². The zero-order valence-corrected chi connectivity index (χ0v) is 8.57. The van der Waals surface area contributed by atoms with Gasteiger partial charge in [0.15, 0.2) is 0 Å². The quantitative estimate of drug-likeness (QED) is 0.552. The van der Waals surface area contributed by atoms with Crippen LogP contribution in [0.1, 0.15) is 12.1 Å². The van der Waals surface area contributed by atoms with Crippen LogP contribution in [0.4, 0.5) is 5.69 Å². The molecule has 13 heavy (non-hydrogen) atoms. The van der Waals surface area contributed by atoms with Gasteiger partial charge in [0.1, 0.15) is 5.69 Å². The summed E-state index contributed by atoms with van der Waals surface area (Å²) in [6, 6.07) is 1.64. The standard InChI is InChI=1S/C9H9ClN2S/c10-7-5-8(11)9(12-6-7)3-1-2-4-13/h5-6,13H,2,4,11H2. The zero-order valence-electron chi connectivity index (χ0n) is 6.92. The third-order valence-electron chi connectivity index (χ3n) is 1.33. The average molecular weight is 213 g/mol. The number of hydrogen-bond acceptors (Lipinski definition) is 3. The number of halogens is 1. The number of aromatic nitrogens is 1. The molecule has 1 heterocycles. The van der Waals surface area contributed by atoms with Gasteiger partial charge in [0.05, 0.1) is 10.7 Å². The predicted molar refractivity (Wildman–Crippen MR) is 59.0 cm³/mol. The Morgan fingerprint density at radius 2 is 2.38 bits per heavy atom. The van der Waals surface area contributed by atoms with E-state index in [1.165, 1.54) is 6.20 Å². The lowest BCUT2D eigenvalue weighted by atomic mass is 10.3. The van der Waals surface area contributed by atoms with Crippen LogP contribution < -0.4 is 5.73 Å². The molecule has 0 aromatic carbocycles. The summed E-state index contributed by atoms with van der Waals surface area (Å²) in [5.74, 6) is 6.48. The van der Waals surface area contributed by atoms with Crippen molar-refractivity contribution >= 4 is 29.9 Å². The molecule has 0 aliphatic carbocycles. The van der Waals surface area contributed by atoms with Crippen LogP contribution in [0.15, 0.2) is 12.3 Å². The number of thiol groups is 1. The number of hydrogen-bond donors (Lipinski definition) is 2. The summed E-state index contributed by atoms with van der Waals surface area (Å²) in [7, 11) is 0. The summed E-state index contributed by atoms with van der Waals surface area (Å²) in [6.07, 6.45) is 2.26. The molecule has 0 amide bonds. The molecule has 1 aromatic heterocycles. The Bertz CT molecular complexity index is 354. The first-order valence-electron chi connectivity index (χ1n) is 3.75. The molecule has 1 aromatic rings. The predicted octanol–water partition coefficient (Wildman–Crippen LogP) is 1.99. The lowest BCUT2D eigenvalue weighted by molar-refractivity contribution is 1.27. The van der Waals surface area contributed by atoms with E-state index < -0.39 is 0 Å². The van der Waals surface area contributed by atoms with Crippen LogP contribution in [-0.2, 0) is 0 Å². The minimum absolute atomic E-state index is 0.513. The fourth-order valence-electron chi connectivity index (χ4n) is 0.761. The lowest BCUT2D eigenvalue weighted by Gasteiger charge is -1.96. The fourth-order valence-corrected chi connectivity index (χ4v) is 1.04. The summed E-state index contributed by atoms with van der Waals surface area (Å²) < 4.78 is 0. The molecule has 2 N–H and O–H groups in total. The van der Waals surface area contributed by atoms with Gasteiger partial charge in [-0.15, -0.1) is 0 Å². The van der Waals surface area contributed by atoms with Crippen molar-refractivity contribution in [2.24, 2.45) is 0 Å². The highest BCUT2D eigenvalue weighted by molar-refractivity contribution is 7.80. The van der Waals surface area contributed by atoms with Crippen LogP contribution in [0.25, 0.3) is 0 Å². The second-order valence-electron chi connectivity index (χ2n) is 2.37. The van der Waals surface area contributed by atoms with Gasteiger partial charge >= 0.3 is 0 Å². The first-order valence-corrected chi connectivity index (χ1v) is 4.76. The van der Waals surface area contributed by atoms with E-state index in [9.17, 15) is 0 Å². The van der Waals surface area contributed by atoms with Gasteiger partial charge in [-0.3, -0.25) is 0 Å². The molecule has 0 atom stereocenters. The van der Waals surface area contributed by atoms with Gasteiger partial charge in [0, 0.05) is 18.4 Å². The molecule has 1 rings (SSSR count). The van der Waals surface area contributed by atoms with E-state index in [4.69, 9.17) is 17.3 Å². The molecule has 0 saturated heterocycles. The van der Waals surface area contributed by atoms with Gasteiger partial charge in [-0.2, -0.15) is 12.6 Å². The third kappa shape index (κ3) is 3.17. The number of nitrogen functional groups attached to an aromatic ring is 1. The Morgan fingerprint density at radius 3 is 3.00 bits per heavy atom. The van der Waals surface area contributed by atoms with E-state index in [0.29, 0.717) is 16.4 Å². The van der Waals surface area contributed by atoms with Gasteiger partial charge in [-0.05, 0) is 12.0 Å². The van der Waals surface area contributed by atoms with E-state index >= 15 is 0 Å². The van der Waals surface area contributed by atoms with Crippen molar-refractivity contribution in [3.05, 3.63) is 23.0 Å². The van der Waals surface area contributed by atoms with E-state index in [1.54, 1.807) is 6.07 Å². The largest absolute Gasteiger partial charge is 0.396 e. The highest BCUT2D eigenvalue weighted by Gasteiger charge is 1.96. The van der Waals surface area contributed by atoms with E-state index in [2.05, 4.69) is 29.5 Å². The highest BCUT2D eigenvalue weighted by Crippen LogP contribution is 2.13. The Labute approximate surface area is 87.9 Å². The number of pyridine rings is 1. The molecule has 0 spiro atoms. The van der Waals surface area contributed by atoms with Crippen LogP contribution in [0, 0.1) is 11.8 Å². The maximum absolute atomic E-state index is 5.68. The summed E-state index contributed by atoms with van der Waals surface area (Å²) in [6.45, 7) is 0. The van der Waals surface area contributed by atoms with Crippen molar-refractivity contribution in [3.63, 3.8) is 0 Å². The van der Waals surface area contributed by atoms with Gasteiger partial charge in [-0.1, -0.05) is 17.5 Å². The summed E-state index contributed by atoms with van der Waals surface area (Å²) in [5, 5.41) is 0.525. The Kier molecular flexibility index (Phi) is 3.94. The Hall–Kier alpha value is -0.850. The minimum atomic E-state index is 0.513. The lowest BCUT2D eigenvalue weighted by Crippen LogP contribution is -1.92. The molecule has 68 valence electrons. The molecule has 0 radical (unpaired) electrons. The highest BCUT2D eigenvalue weighted by atomic mass is 35.5. The molecule has 0 aliphatic rings. The topological polar surface area (TPSA) is 38.9 Å². The number of anilines is 1. The third-order valence-corrected chi connectivity index (χ3v) is 1.76. The van der Waals surface area contributed by atoms with E-state index in [0.717, 1.165) is 12.2 Å². The average Bonchev–Trinajstić information content (AvgIpc) is 2.09. The second-order valence-corrected chi connectivity index (χ2v) is 3.25. The molecule has 0 aliphatic heterocycles. The summed E-state index contributed by atoms with van der Waals surface area (Å²) in [5.41, 5.74) is 6.72. The van der Waals surface area contributed by atoms with E-state index in [-0.39, 0.29) is 0 Å². The van der Waals surface area contributed by atoms with Gasteiger partial charge in [0.25, 0.3) is 0 Å². The maximum Gasteiger partial charge on any atom is 0.136 e. The molecule has 0 unspecified atom stereocenters. The number of nitrogens with two attached hydrogens (primary N) is 1. The van der Waals surface area contributed by atoms with Crippen LogP contribution >= 0.6 is 24.2 Å². The van der Waals surface area contributed by atoms with Crippen molar-refractivity contribution in [2.45, 2.75) is 6.42 Å². The maximum atomic E-state index is 5.68. The first-order chi connectivity index (χ1) is 6.24. The molecule has 0 saturated carbocycles. The Morgan fingerprint density at radius 1 is 1.62 bits per heavy atom. The van der Waals surface area contributed by atoms with Gasteiger partial charge < -0.3 is 5.73 Å². The summed E-state index contributed by atoms with van der Waals surface area (Å²) in [4.78, 5) is 3.99. The van der Waals surface area contributed by atoms with Crippen molar-refractivity contribution in [1.82, 2.24) is 4.98 Å². The van der Waals surface area contributed by atoms with Crippen molar-refractivity contribution in [1.29, 1.82) is 0 Å². The molecule has 0 bridgehead atoms. The molecule has 4 heteroatoms. The number of nitrogens with zero attached hydrogens (tertiary/aromatic N) is 1. The van der Waals surface area contributed by atoms with Crippen molar-refractivity contribution in [2.75, 3.05) is 11.5 Å². The molecular formula is C9H9ClN2S. The van der Waals surface area contributed by atoms with Crippen molar-refractivity contribution < 1.29 is 0 Å². The summed E-state index contributed by atoms with van der Waals surface area (Å²) >= 11 is 9.71. The monoisotopic (exact) mass is 212 g/mol. The normalized spacial score (nSPS) is 9.08. The van der Waals surface area contributed by atoms with Gasteiger partial charge in [-0.25, -0.2) is 4.98 Å². The second kappa shape index (κ2) is 5.00. The van der Waals surface area contributed by atoms with Crippen LogP contribution in [0.3, 0.4) is 0 Å². The molecule has 2 nitrogen and oxygen atoms in total. The van der Waals surface area contributed by atoms with Crippen LogP contribution in [0.2, 0.25) is 5.02 Å². The smallest absolute Gasteiger partial charge is 0.136 e. The SMILES string of the molecule is Nc1cc(Cl)cnc1C#CCCS. The molecule has 0 fully saturated rings. The minimum Gasteiger partial charge on any atom is -0.396 e. The van der Waals surface area contributed by atoms with Crippen LogP contribution in [-0.4, -0.2) is 10.7 Å². The molecular weight excluding hydrogens is 204 g/mol. The van der Waals surface area contributed by atoms with Crippen molar-refractivity contribution in [3.8, 4) is 11.8 Å². The zero-order chi connectivity index (χ0) is 9.68.